The maximum absolute atomic E-state index is 11.7. The van der Waals surface area contributed by atoms with Gasteiger partial charge in [0.1, 0.15) is 0 Å². The number of nitrogens with zero attached hydrogens (tertiary/aromatic N) is 2. The number of imidazole rings is 1. The predicted molar refractivity (Wildman–Crippen MR) is 64.3 cm³/mol. The van der Waals surface area contributed by atoms with E-state index in [2.05, 4.69) is 19.7 Å². The lowest BCUT2D eigenvalue weighted by Crippen LogP contribution is -2.26. The molecule has 0 aromatic carbocycles. The second-order valence-corrected chi connectivity index (χ2v) is 6.12. The van der Waals surface area contributed by atoms with Crippen molar-refractivity contribution < 1.29 is 8.42 Å². The molecule has 2 aromatic rings. The van der Waals surface area contributed by atoms with Crippen LogP contribution in [0.5, 0.6) is 0 Å². The second kappa shape index (κ2) is 4.94. The van der Waals surface area contributed by atoms with Crippen molar-refractivity contribution >= 4 is 21.4 Å². The largest absolute Gasteiger partial charge is 0.335 e. The molecule has 0 aliphatic rings. The fourth-order valence-corrected chi connectivity index (χ4v) is 2.99. The van der Waals surface area contributed by atoms with Crippen LogP contribution in [0, 0.1) is 6.92 Å². The third-order valence-electron chi connectivity index (χ3n) is 2.06. The number of nitrogens with one attached hydrogen (secondary N) is 2. The first-order valence-corrected chi connectivity index (χ1v) is 7.33. The minimum Gasteiger partial charge on any atom is -0.335 e. The molecule has 0 unspecified atom stereocenters. The Balaban J connectivity index is 1.91. The lowest BCUT2D eigenvalue weighted by molar-refractivity contribution is 0.578. The van der Waals surface area contributed by atoms with Crippen molar-refractivity contribution in [3.05, 3.63) is 28.6 Å². The van der Waals surface area contributed by atoms with E-state index in [0.29, 0.717) is 13.0 Å². The first kappa shape index (κ1) is 12.2. The van der Waals surface area contributed by atoms with Crippen molar-refractivity contribution in [1.29, 1.82) is 0 Å². The topological polar surface area (TPSA) is 87.7 Å². The molecule has 2 N–H and O–H groups in total. The highest BCUT2D eigenvalue weighted by molar-refractivity contribution is 7.89. The van der Waals surface area contributed by atoms with Gasteiger partial charge in [-0.25, -0.2) is 23.1 Å². The average Bonchev–Trinajstić information content (AvgIpc) is 2.89. The summed E-state index contributed by atoms with van der Waals surface area (Å²) in [5, 5.41) is 2.95. The summed E-state index contributed by atoms with van der Waals surface area (Å²) in [5.41, 5.74) is 0.960. The van der Waals surface area contributed by atoms with Gasteiger partial charge in [0, 0.05) is 24.0 Å². The van der Waals surface area contributed by atoms with Crippen LogP contribution in [0.15, 0.2) is 22.9 Å². The molecule has 0 saturated heterocycles. The Kier molecular flexibility index (Phi) is 3.55. The normalized spacial score (nSPS) is 11.8. The van der Waals surface area contributed by atoms with Gasteiger partial charge < -0.3 is 4.98 Å². The first-order valence-electron chi connectivity index (χ1n) is 4.97. The molecule has 0 aliphatic heterocycles. The van der Waals surface area contributed by atoms with Crippen LogP contribution in [0.3, 0.4) is 0 Å². The van der Waals surface area contributed by atoms with Gasteiger partial charge >= 0.3 is 0 Å². The van der Waals surface area contributed by atoms with Crippen LogP contribution >= 0.6 is 11.3 Å². The third-order valence-corrected chi connectivity index (χ3v) is 4.47. The molecule has 8 heteroatoms. The molecule has 0 saturated carbocycles. The molecule has 0 amide bonds. The number of H-pyrrole nitrogens is 1. The molecule has 0 radical (unpaired) electrons. The monoisotopic (exact) mass is 272 g/mol. The Morgan fingerprint density at radius 3 is 2.94 bits per heavy atom. The van der Waals surface area contributed by atoms with Crippen LogP contribution in [0.2, 0.25) is 0 Å². The average molecular weight is 272 g/mol. The van der Waals surface area contributed by atoms with Crippen LogP contribution in [0.4, 0.5) is 0 Å². The zero-order chi connectivity index (χ0) is 12.3. The Bertz CT molecular complexity index is 574. The molecule has 17 heavy (non-hydrogen) atoms. The summed E-state index contributed by atoms with van der Waals surface area (Å²) in [5.74, 6) is 0. The number of rotatable bonds is 5. The van der Waals surface area contributed by atoms with E-state index in [0.717, 1.165) is 10.7 Å². The molecule has 2 rings (SSSR count). The van der Waals surface area contributed by atoms with E-state index in [1.54, 1.807) is 0 Å². The number of aromatic nitrogens is 3. The quantitative estimate of drug-likeness (QED) is 0.838. The molecular formula is C9H12N4O2S2. The van der Waals surface area contributed by atoms with Gasteiger partial charge in [-0.3, -0.25) is 0 Å². The zero-order valence-corrected chi connectivity index (χ0v) is 10.8. The lowest BCUT2D eigenvalue weighted by Gasteiger charge is -2.02. The van der Waals surface area contributed by atoms with Gasteiger partial charge in [-0.2, -0.15) is 0 Å². The third kappa shape index (κ3) is 3.11. The van der Waals surface area contributed by atoms with Crippen molar-refractivity contribution in [2.75, 3.05) is 6.54 Å². The Labute approximate surface area is 103 Å². The number of hydrogen-bond acceptors (Lipinski definition) is 5. The highest BCUT2D eigenvalue weighted by Crippen LogP contribution is 2.09. The van der Waals surface area contributed by atoms with Gasteiger partial charge in [0.2, 0.25) is 0 Å². The second-order valence-electron chi connectivity index (χ2n) is 3.45. The molecule has 0 spiro atoms. The number of aryl methyl sites for hydroxylation is 1. The van der Waals surface area contributed by atoms with Crippen molar-refractivity contribution in [2.45, 2.75) is 18.4 Å². The summed E-state index contributed by atoms with van der Waals surface area (Å²) in [7, 11) is -3.47. The molecule has 6 nitrogen and oxygen atoms in total. The predicted octanol–water partition coefficient (Wildman–Crippen LogP) is 0.696. The van der Waals surface area contributed by atoms with Gasteiger partial charge in [0.05, 0.1) is 17.5 Å². The highest BCUT2D eigenvalue weighted by atomic mass is 32.2. The first-order chi connectivity index (χ1) is 8.08. The summed E-state index contributed by atoms with van der Waals surface area (Å²) in [4.78, 5) is 10.5. The molecule has 0 bridgehead atoms. The Hall–Kier alpha value is -1.25. The van der Waals surface area contributed by atoms with Gasteiger partial charge in [-0.05, 0) is 6.92 Å². The SMILES string of the molecule is Cc1csc(CCNS(=O)(=O)c2cnc[nH]2)n1. The summed E-state index contributed by atoms with van der Waals surface area (Å²) in [6, 6.07) is 0. The maximum atomic E-state index is 11.7. The summed E-state index contributed by atoms with van der Waals surface area (Å²) >= 11 is 1.53. The summed E-state index contributed by atoms with van der Waals surface area (Å²) < 4.78 is 25.9. The zero-order valence-electron chi connectivity index (χ0n) is 9.17. The molecule has 0 atom stereocenters. The van der Waals surface area contributed by atoms with Crippen molar-refractivity contribution in [3.63, 3.8) is 0 Å². The fraction of sp³-hybridized carbons (Fsp3) is 0.333. The standard InChI is InChI=1S/C9H12N4O2S2/c1-7-5-16-8(13-7)2-3-12-17(14,15)9-4-10-6-11-9/h4-6,12H,2-3H2,1H3,(H,10,11). The molecular weight excluding hydrogens is 260 g/mol. The van der Waals surface area contributed by atoms with Crippen LogP contribution in [-0.2, 0) is 16.4 Å². The molecule has 2 heterocycles. The minimum atomic E-state index is -3.47. The fourth-order valence-electron chi connectivity index (χ4n) is 1.28. The van der Waals surface area contributed by atoms with Crippen LogP contribution < -0.4 is 4.72 Å². The summed E-state index contributed by atoms with van der Waals surface area (Å²) in [6.45, 7) is 2.24. The molecule has 92 valence electrons. The molecule has 0 aliphatic carbocycles. The number of thiazole rings is 1. The van der Waals surface area contributed by atoms with E-state index in [1.807, 2.05) is 12.3 Å². The van der Waals surface area contributed by atoms with Gasteiger partial charge in [-0.1, -0.05) is 0 Å². The Morgan fingerprint density at radius 2 is 2.35 bits per heavy atom. The van der Waals surface area contributed by atoms with E-state index in [1.165, 1.54) is 23.9 Å². The van der Waals surface area contributed by atoms with Gasteiger partial charge in [-0.15, -0.1) is 11.3 Å². The van der Waals surface area contributed by atoms with E-state index >= 15 is 0 Å². The number of aromatic amines is 1. The van der Waals surface area contributed by atoms with E-state index in [9.17, 15) is 8.42 Å². The van der Waals surface area contributed by atoms with Crippen molar-refractivity contribution in [3.8, 4) is 0 Å². The van der Waals surface area contributed by atoms with Gasteiger partial charge in [0.15, 0.2) is 5.03 Å². The number of sulfonamides is 1. The number of hydrogen-bond donors (Lipinski definition) is 2. The lowest BCUT2D eigenvalue weighted by atomic mass is 10.4. The van der Waals surface area contributed by atoms with Crippen molar-refractivity contribution in [2.24, 2.45) is 0 Å². The smallest absolute Gasteiger partial charge is 0.257 e. The van der Waals surface area contributed by atoms with Crippen molar-refractivity contribution in [1.82, 2.24) is 19.7 Å². The van der Waals surface area contributed by atoms with Crippen LogP contribution in [-0.4, -0.2) is 29.9 Å². The maximum Gasteiger partial charge on any atom is 0.257 e. The van der Waals surface area contributed by atoms with Crippen LogP contribution in [0.25, 0.3) is 0 Å². The minimum absolute atomic E-state index is 0.0767. The molecule has 0 fully saturated rings. The van der Waals surface area contributed by atoms with Gasteiger partial charge in [0.25, 0.3) is 10.0 Å². The van der Waals surface area contributed by atoms with E-state index in [4.69, 9.17) is 0 Å². The summed E-state index contributed by atoms with van der Waals surface area (Å²) in [6.07, 6.45) is 3.19. The van der Waals surface area contributed by atoms with E-state index in [-0.39, 0.29) is 5.03 Å². The Morgan fingerprint density at radius 1 is 1.53 bits per heavy atom. The molecule has 2 aromatic heterocycles. The highest BCUT2D eigenvalue weighted by Gasteiger charge is 2.14. The van der Waals surface area contributed by atoms with E-state index < -0.39 is 10.0 Å². The van der Waals surface area contributed by atoms with Crippen LogP contribution in [0.1, 0.15) is 10.7 Å².